The average Bonchev–Trinajstić information content (AvgIpc) is 2.90. The maximum Gasteiger partial charge on any atom is 0.304 e. The first-order valence-electron chi connectivity index (χ1n) is 6.86. The van der Waals surface area contributed by atoms with E-state index >= 15 is 0 Å². The highest BCUT2D eigenvalue weighted by atomic mass is 35.5. The van der Waals surface area contributed by atoms with Crippen molar-refractivity contribution in [2.24, 2.45) is 0 Å². The van der Waals surface area contributed by atoms with Crippen LogP contribution in [0, 0.1) is 0 Å². The van der Waals surface area contributed by atoms with E-state index in [0.717, 1.165) is 17.1 Å². The molecule has 0 radical (unpaired) electrons. The maximum atomic E-state index is 10.8. The van der Waals surface area contributed by atoms with Crippen LogP contribution in [0.15, 0.2) is 24.3 Å². The van der Waals surface area contributed by atoms with Crippen molar-refractivity contribution in [1.29, 1.82) is 0 Å². The number of carboxylic acids is 1. The Balaban J connectivity index is 2.04. The van der Waals surface area contributed by atoms with Crippen LogP contribution in [0.3, 0.4) is 0 Å². The third-order valence-corrected chi connectivity index (χ3v) is 4.15. The molecule has 0 bridgehead atoms. The predicted octanol–water partition coefficient (Wildman–Crippen LogP) is 3.56. The molecule has 1 N–H and O–H groups in total. The van der Waals surface area contributed by atoms with Crippen molar-refractivity contribution in [1.82, 2.24) is 4.90 Å². The molecule has 1 saturated carbocycles. The lowest BCUT2D eigenvalue weighted by molar-refractivity contribution is -0.137. The van der Waals surface area contributed by atoms with E-state index < -0.39 is 5.97 Å². The molecule has 1 aliphatic carbocycles. The molecular formula is C15H20ClNO2. The van der Waals surface area contributed by atoms with Gasteiger partial charge in [-0.1, -0.05) is 42.6 Å². The van der Waals surface area contributed by atoms with Gasteiger partial charge in [0.25, 0.3) is 0 Å². The number of carboxylic acid groups (broad SMARTS) is 1. The van der Waals surface area contributed by atoms with Crippen LogP contribution in [0.1, 0.15) is 37.7 Å². The molecular weight excluding hydrogens is 262 g/mol. The minimum Gasteiger partial charge on any atom is -0.481 e. The Morgan fingerprint density at radius 3 is 2.63 bits per heavy atom. The monoisotopic (exact) mass is 281 g/mol. The second-order valence-electron chi connectivity index (χ2n) is 5.14. The lowest BCUT2D eigenvalue weighted by Gasteiger charge is -2.28. The number of hydrogen-bond donors (Lipinski definition) is 1. The van der Waals surface area contributed by atoms with E-state index in [4.69, 9.17) is 16.7 Å². The van der Waals surface area contributed by atoms with Crippen LogP contribution < -0.4 is 0 Å². The fourth-order valence-electron chi connectivity index (χ4n) is 2.74. The summed E-state index contributed by atoms with van der Waals surface area (Å²) < 4.78 is 0. The Morgan fingerprint density at radius 2 is 2.00 bits per heavy atom. The molecule has 1 fully saturated rings. The lowest BCUT2D eigenvalue weighted by atomic mass is 10.1. The van der Waals surface area contributed by atoms with Gasteiger partial charge in [0.05, 0.1) is 6.42 Å². The summed E-state index contributed by atoms with van der Waals surface area (Å²) in [5.74, 6) is -0.734. The van der Waals surface area contributed by atoms with Crippen LogP contribution in [-0.4, -0.2) is 28.6 Å². The topological polar surface area (TPSA) is 40.5 Å². The van der Waals surface area contributed by atoms with E-state index in [1.807, 2.05) is 24.3 Å². The number of benzene rings is 1. The molecule has 1 aromatic rings. The molecule has 0 aromatic heterocycles. The zero-order chi connectivity index (χ0) is 13.7. The standard InChI is InChI=1S/C15H20ClNO2/c16-14-8-4-1-5-12(14)11-17(10-9-15(18)19)13-6-2-3-7-13/h1,4-5,8,13H,2-3,6-7,9-11H2,(H,18,19). The third kappa shape index (κ3) is 4.22. The van der Waals surface area contributed by atoms with Crippen molar-refractivity contribution in [3.8, 4) is 0 Å². The number of halogens is 1. The SMILES string of the molecule is O=C(O)CCN(Cc1ccccc1Cl)C1CCCC1. The first-order chi connectivity index (χ1) is 9.16. The summed E-state index contributed by atoms with van der Waals surface area (Å²) in [6.45, 7) is 1.35. The van der Waals surface area contributed by atoms with Crippen molar-refractivity contribution in [2.75, 3.05) is 6.54 Å². The molecule has 1 aromatic carbocycles. The van der Waals surface area contributed by atoms with Crippen molar-refractivity contribution in [3.63, 3.8) is 0 Å². The van der Waals surface area contributed by atoms with Crippen LogP contribution in [-0.2, 0) is 11.3 Å². The molecule has 0 saturated heterocycles. The number of carbonyl (C=O) groups is 1. The predicted molar refractivity (Wildman–Crippen MR) is 76.4 cm³/mol. The van der Waals surface area contributed by atoms with Gasteiger partial charge < -0.3 is 5.11 Å². The van der Waals surface area contributed by atoms with Crippen LogP contribution in [0.2, 0.25) is 5.02 Å². The van der Waals surface area contributed by atoms with Crippen molar-refractivity contribution in [3.05, 3.63) is 34.9 Å². The summed E-state index contributed by atoms with van der Waals surface area (Å²) in [5, 5.41) is 9.64. The Bertz CT molecular complexity index is 430. The summed E-state index contributed by atoms with van der Waals surface area (Å²) >= 11 is 6.19. The van der Waals surface area contributed by atoms with E-state index in [1.165, 1.54) is 25.7 Å². The fraction of sp³-hybridized carbons (Fsp3) is 0.533. The van der Waals surface area contributed by atoms with E-state index in [-0.39, 0.29) is 6.42 Å². The Hall–Kier alpha value is -1.06. The van der Waals surface area contributed by atoms with E-state index in [2.05, 4.69) is 4.90 Å². The summed E-state index contributed by atoms with van der Waals surface area (Å²) in [4.78, 5) is 13.1. The third-order valence-electron chi connectivity index (χ3n) is 3.79. The van der Waals surface area contributed by atoms with Gasteiger partial charge in [0.1, 0.15) is 0 Å². The number of rotatable bonds is 6. The van der Waals surface area contributed by atoms with Crippen molar-refractivity contribution in [2.45, 2.75) is 44.7 Å². The first kappa shape index (κ1) is 14.4. The average molecular weight is 282 g/mol. The Labute approximate surface area is 119 Å². The fourth-order valence-corrected chi connectivity index (χ4v) is 2.94. The molecule has 4 heteroatoms. The van der Waals surface area contributed by atoms with Gasteiger partial charge in [-0.05, 0) is 24.5 Å². The smallest absolute Gasteiger partial charge is 0.304 e. The summed E-state index contributed by atoms with van der Waals surface area (Å²) in [6.07, 6.45) is 5.03. The van der Waals surface area contributed by atoms with E-state index in [9.17, 15) is 4.79 Å². The largest absolute Gasteiger partial charge is 0.481 e. The van der Waals surface area contributed by atoms with E-state index in [0.29, 0.717) is 12.6 Å². The number of nitrogens with zero attached hydrogens (tertiary/aromatic N) is 1. The van der Waals surface area contributed by atoms with E-state index in [1.54, 1.807) is 0 Å². The molecule has 104 valence electrons. The van der Waals surface area contributed by atoms with Gasteiger partial charge in [-0.3, -0.25) is 9.69 Å². The molecule has 0 spiro atoms. The molecule has 19 heavy (non-hydrogen) atoms. The highest BCUT2D eigenvalue weighted by molar-refractivity contribution is 6.31. The molecule has 0 aliphatic heterocycles. The molecule has 2 rings (SSSR count). The van der Waals surface area contributed by atoms with Gasteiger partial charge >= 0.3 is 5.97 Å². The minimum absolute atomic E-state index is 0.195. The van der Waals surface area contributed by atoms with Crippen molar-refractivity contribution < 1.29 is 9.90 Å². The highest BCUT2D eigenvalue weighted by Gasteiger charge is 2.23. The number of hydrogen-bond acceptors (Lipinski definition) is 2. The molecule has 0 amide bonds. The zero-order valence-electron chi connectivity index (χ0n) is 11.0. The van der Waals surface area contributed by atoms with Gasteiger partial charge in [0.2, 0.25) is 0 Å². The molecule has 0 heterocycles. The maximum absolute atomic E-state index is 10.8. The van der Waals surface area contributed by atoms with Gasteiger partial charge in [-0.25, -0.2) is 0 Å². The quantitative estimate of drug-likeness (QED) is 0.867. The molecule has 1 aliphatic rings. The van der Waals surface area contributed by atoms with Crippen molar-refractivity contribution >= 4 is 17.6 Å². The molecule has 0 atom stereocenters. The Kier molecular flexibility index (Phi) is 5.23. The first-order valence-corrected chi connectivity index (χ1v) is 7.24. The second-order valence-corrected chi connectivity index (χ2v) is 5.55. The van der Waals surface area contributed by atoms with Gasteiger partial charge in [-0.15, -0.1) is 0 Å². The zero-order valence-corrected chi connectivity index (χ0v) is 11.8. The highest BCUT2D eigenvalue weighted by Crippen LogP contribution is 2.26. The number of aliphatic carboxylic acids is 1. The second kappa shape index (κ2) is 6.92. The molecule has 3 nitrogen and oxygen atoms in total. The van der Waals surface area contributed by atoms with Crippen LogP contribution >= 0.6 is 11.6 Å². The Morgan fingerprint density at radius 1 is 1.32 bits per heavy atom. The van der Waals surface area contributed by atoms with Gasteiger partial charge in [0.15, 0.2) is 0 Å². The minimum atomic E-state index is -0.734. The van der Waals surface area contributed by atoms with Gasteiger partial charge in [-0.2, -0.15) is 0 Å². The van der Waals surface area contributed by atoms with Crippen LogP contribution in [0.5, 0.6) is 0 Å². The lowest BCUT2D eigenvalue weighted by Crippen LogP contribution is -2.34. The van der Waals surface area contributed by atoms with Crippen LogP contribution in [0.4, 0.5) is 0 Å². The summed E-state index contributed by atoms with van der Waals surface area (Å²) in [6, 6.07) is 8.32. The van der Waals surface area contributed by atoms with Gasteiger partial charge in [0, 0.05) is 24.2 Å². The summed E-state index contributed by atoms with van der Waals surface area (Å²) in [7, 11) is 0. The van der Waals surface area contributed by atoms with Crippen LogP contribution in [0.25, 0.3) is 0 Å². The molecule has 0 unspecified atom stereocenters. The summed E-state index contributed by atoms with van der Waals surface area (Å²) in [5.41, 5.74) is 1.08. The normalized spacial score (nSPS) is 16.1.